The summed E-state index contributed by atoms with van der Waals surface area (Å²) < 4.78 is 17.7. The van der Waals surface area contributed by atoms with Crippen molar-refractivity contribution in [3.8, 4) is 0 Å². The summed E-state index contributed by atoms with van der Waals surface area (Å²) in [5, 5.41) is -0.0175. The van der Waals surface area contributed by atoms with Crippen molar-refractivity contribution in [2.45, 2.75) is 24.0 Å². The van der Waals surface area contributed by atoms with Gasteiger partial charge in [0.25, 0.3) is 0 Å². The van der Waals surface area contributed by atoms with E-state index in [0.29, 0.717) is 5.92 Å². The van der Waals surface area contributed by atoms with Gasteiger partial charge >= 0.3 is 0 Å². The zero-order chi connectivity index (χ0) is 12.3. The van der Waals surface area contributed by atoms with Crippen LogP contribution >= 0.6 is 0 Å². The summed E-state index contributed by atoms with van der Waals surface area (Å²) in [6.45, 7) is 4.16. The van der Waals surface area contributed by atoms with E-state index in [9.17, 15) is 4.21 Å². The molecule has 0 radical (unpaired) electrons. The van der Waals surface area contributed by atoms with Crippen molar-refractivity contribution in [2.24, 2.45) is 5.92 Å². The van der Waals surface area contributed by atoms with Crippen LogP contribution in [0.2, 0.25) is 0 Å². The van der Waals surface area contributed by atoms with Crippen LogP contribution in [-0.4, -0.2) is 4.21 Å². The third kappa shape index (κ3) is 2.67. The fourth-order valence-electron chi connectivity index (χ4n) is 1.89. The minimum atomic E-state index is -1.04. The number of furan rings is 1. The first-order chi connectivity index (χ1) is 8.20. The van der Waals surface area contributed by atoms with Crippen molar-refractivity contribution in [3.63, 3.8) is 0 Å². The van der Waals surface area contributed by atoms with Crippen molar-refractivity contribution >= 4 is 10.8 Å². The van der Waals surface area contributed by atoms with Gasteiger partial charge in [0.1, 0.15) is 0 Å². The zero-order valence-corrected chi connectivity index (χ0v) is 10.8. The molecule has 2 rings (SSSR count). The Kier molecular flexibility index (Phi) is 3.79. The van der Waals surface area contributed by atoms with E-state index >= 15 is 0 Å². The number of hydrogen-bond acceptors (Lipinski definition) is 2. The van der Waals surface area contributed by atoms with E-state index in [1.54, 1.807) is 12.5 Å². The molecule has 2 aromatic rings. The second-order valence-corrected chi connectivity index (χ2v) is 5.91. The first-order valence-corrected chi connectivity index (χ1v) is 6.89. The molecule has 2 nitrogen and oxygen atoms in total. The predicted molar refractivity (Wildman–Crippen MR) is 69.1 cm³/mol. The molecule has 0 amide bonds. The number of hydrogen-bond donors (Lipinski definition) is 0. The van der Waals surface area contributed by atoms with Crippen LogP contribution in [0.5, 0.6) is 0 Å². The molecular weight excluding hydrogens is 232 g/mol. The molecule has 0 bridgehead atoms. The van der Waals surface area contributed by atoms with E-state index in [2.05, 4.69) is 13.8 Å². The van der Waals surface area contributed by atoms with Gasteiger partial charge < -0.3 is 4.42 Å². The summed E-state index contributed by atoms with van der Waals surface area (Å²) >= 11 is 0. The first-order valence-electron chi connectivity index (χ1n) is 5.68. The molecule has 0 aliphatic carbocycles. The summed E-state index contributed by atoms with van der Waals surface area (Å²) in [6, 6.07) is 11.5. The Bertz CT molecular complexity index is 474. The van der Waals surface area contributed by atoms with E-state index in [1.165, 1.54) is 0 Å². The fraction of sp³-hybridized carbons (Fsp3) is 0.286. The van der Waals surface area contributed by atoms with Crippen molar-refractivity contribution in [3.05, 3.63) is 54.5 Å². The lowest BCUT2D eigenvalue weighted by Gasteiger charge is -2.18. The second-order valence-electron chi connectivity index (χ2n) is 4.33. The molecule has 0 unspecified atom stereocenters. The van der Waals surface area contributed by atoms with E-state index in [4.69, 9.17) is 4.42 Å². The lowest BCUT2D eigenvalue weighted by Crippen LogP contribution is -2.12. The normalized spacial score (nSPS) is 14.8. The standard InChI is InChI=1S/C14H16O2S/c1-11(2)14(12-8-9-16-10-12)17(15)13-6-4-3-5-7-13/h3-11,14H,1-2H3/t14-,17+/m1/s1. The van der Waals surface area contributed by atoms with Crippen LogP contribution < -0.4 is 0 Å². The van der Waals surface area contributed by atoms with Crippen molar-refractivity contribution in [2.75, 3.05) is 0 Å². The van der Waals surface area contributed by atoms with Gasteiger partial charge in [-0.05, 0) is 24.1 Å². The van der Waals surface area contributed by atoms with E-state index < -0.39 is 10.8 Å². The summed E-state index contributed by atoms with van der Waals surface area (Å²) in [5.41, 5.74) is 1.00. The molecule has 17 heavy (non-hydrogen) atoms. The van der Waals surface area contributed by atoms with Crippen LogP contribution in [0.15, 0.2) is 58.2 Å². The SMILES string of the molecule is CC(C)[C@H](c1ccoc1)[S@@](=O)c1ccccc1. The molecule has 1 aromatic carbocycles. The van der Waals surface area contributed by atoms with Gasteiger partial charge in [-0.25, -0.2) is 0 Å². The lowest BCUT2D eigenvalue weighted by atomic mass is 10.1. The minimum absolute atomic E-state index is 0.0175. The van der Waals surface area contributed by atoms with Crippen molar-refractivity contribution in [1.82, 2.24) is 0 Å². The fourth-order valence-corrected chi connectivity index (χ4v) is 3.49. The molecule has 1 heterocycles. The van der Waals surface area contributed by atoms with E-state index in [1.807, 2.05) is 36.4 Å². The van der Waals surface area contributed by atoms with Crippen LogP contribution in [-0.2, 0) is 10.8 Å². The number of rotatable bonds is 4. The molecular formula is C14H16O2S. The smallest absolute Gasteiger partial charge is 0.0946 e. The Morgan fingerprint density at radius 1 is 1.12 bits per heavy atom. The highest BCUT2D eigenvalue weighted by atomic mass is 32.2. The highest BCUT2D eigenvalue weighted by Gasteiger charge is 2.24. The second kappa shape index (κ2) is 5.32. The largest absolute Gasteiger partial charge is 0.472 e. The highest BCUT2D eigenvalue weighted by Crippen LogP contribution is 2.32. The Hall–Kier alpha value is -1.35. The Labute approximate surface area is 104 Å². The van der Waals surface area contributed by atoms with E-state index in [-0.39, 0.29) is 5.25 Å². The summed E-state index contributed by atoms with van der Waals surface area (Å²) in [7, 11) is -1.04. The van der Waals surface area contributed by atoms with Gasteiger partial charge in [0.05, 0.1) is 28.6 Å². The van der Waals surface area contributed by atoms with Crippen LogP contribution in [0.1, 0.15) is 24.7 Å². The molecule has 3 heteroatoms. The Morgan fingerprint density at radius 3 is 2.35 bits per heavy atom. The van der Waals surface area contributed by atoms with Crippen LogP contribution in [0, 0.1) is 5.92 Å². The molecule has 90 valence electrons. The predicted octanol–water partition coefficient (Wildman–Crippen LogP) is 3.78. The van der Waals surface area contributed by atoms with Gasteiger partial charge in [0, 0.05) is 10.5 Å². The van der Waals surface area contributed by atoms with Gasteiger partial charge in [0.2, 0.25) is 0 Å². The monoisotopic (exact) mass is 248 g/mol. The summed E-state index contributed by atoms with van der Waals surface area (Å²) in [6.07, 6.45) is 3.32. The van der Waals surface area contributed by atoms with Crippen LogP contribution in [0.25, 0.3) is 0 Å². The highest BCUT2D eigenvalue weighted by molar-refractivity contribution is 7.85. The van der Waals surface area contributed by atoms with Crippen LogP contribution in [0.4, 0.5) is 0 Å². The molecule has 0 fully saturated rings. The maximum Gasteiger partial charge on any atom is 0.0946 e. The van der Waals surface area contributed by atoms with Crippen LogP contribution in [0.3, 0.4) is 0 Å². The third-order valence-electron chi connectivity index (χ3n) is 2.68. The van der Waals surface area contributed by atoms with Crippen molar-refractivity contribution < 1.29 is 8.63 Å². The molecule has 0 saturated carbocycles. The van der Waals surface area contributed by atoms with Gasteiger partial charge in [-0.15, -0.1) is 0 Å². The third-order valence-corrected chi connectivity index (χ3v) is 4.70. The first kappa shape index (κ1) is 12.1. The maximum absolute atomic E-state index is 12.6. The molecule has 2 atom stereocenters. The average molecular weight is 248 g/mol. The zero-order valence-electron chi connectivity index (χ0n) is 10.00. The minimum Gasteiger partial charge on any atom is -0.472 e. The quantitative estimate of drug-likeness (QED) is 0.824. The summed E-state index contributed by atoms with van der Waals surface area (Å²) in [5.74, 6) is 0.300. The molecule has 0 saturated heterocycles. The maximum atomic E-state index is 12.6. The van der Waals surface area contributed by atoms with Gasteiger partial charge in [-0.2, -0.15) is 0 Å². The number of benzene rings is 1. The molecule has 0 aliphatic rings. The Morgan fingerprint density at radius 2 is 1.82 bits per heavy atom. The van der Waals surface area contributed by atoms with Gasteiger partial charge in [-0.3, -0.25) is 4.21 Å². The molecule has 0 N–H and O–H groups in total. The van der Waals surface area contributed by atoms with Gasteiger partial charge in [0.15, 0.2) is 0 Å². The lowest BCUT2D eigenvalue weighted by molar-refractivity contribution is 0.551. The van der Waals surface area contributed by atoms with Crippen molar-refractivity contribution in [1.29, 1.82) is 0 Å². The molecule has 0 aliphatic heterocycles. The average Bonchev–Trinajstić information content (AvgIpc) is 2.83. The van der Waals surface area contributed by atoms with Gasteiger partial charge in [-0.1, -0.05) is 32.0 Å². The Balaban J connectivity index is 2.33. The summed E-state index contributed by atoms with van der Waals surface area (Å²) in [4.78, 5) is 0.868. The topological polar surface area (TPSA) is 30.2 Å². The van der Waals surface area contributed by atoms with E-state index in [0.717, 1.165) is 10.5 Å². The molecule has 1 aromatic heterocycles. The molecule has 0 spiro atoms.